The molecule has 1 amide bonds. The number of nitrogens with zero attached hydrogens (tertiary/aromatic N) is 1. The average molecular weight is 968 g/mol. The second-order valence-electron chi connectivity index (χ2n) is 20.4. The summed E-state index contributed by atoms with van der Waals surface area (Å²) in [5.41, 5.74) is 9.09. The highest BCUT2D eigenvalue weighted by atomic mass is 32.1. The quantitative estimate of drug-likeness (QED) is 0.104. The molecule has 1 aromatic heterocycles. The monoisotopic (exact) mass is 968 g/mol. The van der Waals surface area contributed by atoms with Crippen molar-refractivity contribution in [1.82, 2.24) is 4.90 Å². The Morgan fingerprint density at radius 3 is 2.40 bits per heavy atom. The van der Waals surface area contributed by atoms with E-state index in [9.17, 15) is 34.5 Å². The lowest BCUT2D eigenvalue weighted by atomic mass is 9.78. The zero-order chi connectivity index (χ0) is 49.7. The summed E-state index contributed by atoms with van der Waals surface area (Å²) in [4.78, 5) is 58.2. The molecule has 4 aliphatic rings. The normalized spacial score (nSPS) is 39.1. The molecule has 380 valence electrons. The molecule has 68 heavy (non-hydrogen) atoms. The van der Waals surface area contributed by atoms with Gasteiger partial charge < -0.3 is 50.2 Å². The zero-order valence-electron chi connectivity index (χ0n) is 41.7. The largest absolute Gasteiger partial charge is 0.461 e. The lowest BCUT2D eigenvalue weighted by Crippen LogP contribution is -2.61. The van der Waals surface area contributed by atoms with Gasteiger partial charge in [-0.2, -0.15) is 11.3 Å². The Bertz CT molecular complexity index is 1940. The number of aliphatic hydroxyl groups excluding tert-OH is 2. The number of nitrogens with two attached hydrogens (primary N) is 1. The molecule has 2 bridgehead atoms. The molecule has 5 rings (SSSR count). The number of methoxy groups -OCH3 is 2. The number of rotatable bonds is 7. The summed E-state index contributed by atoms with van der Waals surface area (Å²) in [5, 5.41) is 41.7. The first kappa shape index (κ1) is 55.4. The van der Waals surface area contributed by atoms with E-state index in [0.29, 0.717) is 76.2 Å². The second kappa shape index (κ2) is 26.1. The summed E-state index contributed by atoms with van der Waals surface area (Å²) in [5.74, 6) is -6.29. The van der Waals surface area contributed by atoms with Crippen molar-refractivity contribution >= 4 is 40.5 Å². The van der Waals surface area contributed by atoms with Gasteiger partial charge in [-0.15, -0.1) is 0 Å². The topological polar surface area (TPSA) is 207 Å². The summed E-state index contributed by atoms with van der Waals surface area (Å²) in [7, 11) is 3.02. The van der Waals surface area contributed by atoms with Crippen LogP contribution in [0.25, 0.3) is 0 Å². The second-order valence-corrected chi connectivity index (χ2v) is 21.1. The molecule has 0 spiro atoms. The van der Waals surface area contributed by atoms with Crippen molar-refractivity contribution in [2.45, 2.75) is 186 Å². The van der Waals surface area contributed by atoms with Gasteiger partial charge in [-0.3, -0.25) is 14.4 Å². The molecule has 3 fully saturated rings. The van der Waals surface area contributed by atoms with Crippen LogP contribution in [0.2, 0.25) is 0 Å². The van der Waals surface area contributed by atoms with Crippen LogP contribution < -0.4 is 11.1 Å². The standard InChI is InChI=1S/C53H81N3O11S/c1-32-14-10-9-11-15-33(2)42(55-40-23-25-68-31-40)30-41-20-17-37(6)53(63,67-41)50(60)51(61)56-24-13-12-16-43(56)52(62)66-45(34(3)27-38-18-21-44(57)46(29-38)64-7)22-19-39(54)28-36(5)48(59)49(65-8)47(58)35(4)26-32/h9-11,14-15,23,25,28,31-32,34-35,37-39,41-46,48-49,55,57,59,63H,12-13,16-22,24,26-27,29-30,54H2,1-8H3/b11-9+,14-10+,33-15+,36-28+/t32-,34-,35-,37?,38+,39+,41+,42?,43?,44-,45+,46-,48-,49+,53-/m1/s1. The van der Waals surface area contributed by atoms with Gasteiger partial charge in [-0.05, 0) is 132 Å². The molecule has 3 unspecified atom stereocenters. The third-order valence-electron chi connectivity index (χ3n) is 15.0. The third-order valence-corrected chi connectivity index (χ3v) is 15.6. The van der Waals surface area contributed by atoms with Crippen LogP contribution >= 0.6 is 11.3 Å². The number of esters is 1. The number of allylic oxidation sites excluding steroid dienone is 5. The van der Waals surface area contributed by atoms with Crippen molar-refractivity contribution in [3.8, 4) is 0 Å². The fraction of sp³-hybridized carbons (Fsp3) is 0.698. The molecule has 0 aromatic carbocycles. The van der Waals surface area contributed by atoms with Crippen molar-refractivity contribution in [1.29, 1.82) is 0 Å². The highest BCUT2D eigenvalue weighted by Crippen LogP contribution is 2.38. The first-order valence-electron chi connectivity index (χ1n) is 25.0. The number of ether oxygens (including phenoxy) is 4. The number of piperidine rings is 1. The Morgan fingerprint density at radius 2 is 1.69 bits per heavy atom. The number of carbonyl (C=O) groups is 4. The summed E-state index contributed by atoms with van der Waals surface area (Å²) < 4.78 is 23.9. The predicted molar refractivity (Wildman–Crippen MR) is 264 cm³/mol. The Balaban J connectivity index is 1.46. The number of anilines is 1. The fourth-order valence-corrected chi connectivity index (χ4v) is 11.2. The van der Waals surface area contributed by atoms with Crippen LogP contribution in [-0.2, 0) is 38.1 Å². The molecule has 4 heterocycles. The number of nitrogens with one attached hydrogen (secondary N) is 1. The van der Waals surface area contributed by atoms with E-state index in [1.54, 1.807) is 38.4 Å². The zero-order valence-corrected chi connectivity index (χ0v) is 42.5. The van der Waals surface area contributed by atoms with Gasteiger partial charge >= 0.3 is 5.97 Å². The average Bonchev–Trinajstić information content (AvgIpc) is 3.84. The van der Waals surface area contributed by atoms with Gasteiger partial charge in [0, 0.05) is 55.8 Å². The van der Waals surface area contributed by atoms with Crippen molar-refractivity contribution < 1.29 is 53.4 Å². The van der Waals surface area contributed by atoms with Crippen molar-refractivity contribution in [3.05, 3.63) is 64.4 Å². The molecule has 14 nitrogen and oxygen atoms in total. The highest BCUT2D eigenvalue weighted by Gasteiger charge is 2.53. The number of fused-ring (bicyclic) bond motifs is 3. The number of hydrogen-bond acceptors (Lipinski definition) is 14. The molecular formula is C53H81N3O11S. The van der Waals surface area contributed by atoms with Crippen LogP contribution in [-0.4, -0.2) is 125 Å². The van der Waals surface area contributed by atoms with E-state index in [0.717, 1.165) is 17.7 Å². The van der Waals surface area contributed by atoms with Crippen LogP contribution in [0.1, 0.15) is 125 Å². The molecule has 3 aliphatic heterocycles. The lowest BCUT2D eigenvalue weighted by molar-refractivity contribution is -0.263. The minimum atomic E-state index is -2.40. The minimum absolute atomic E-state index is 0.0444. The molecule has 2 saturated heterocycles. The molecular weight excluding hydrogens is 887 g/mol. The van der Waals surface area contributed by atoms with Gasteiger partial charge in [0.25, 0.3) is 11.7 Å². The molecule has 15 atom stereocenters. The van der Waals surface area contributed by atoms with E-state index in [2.05, 4.69) is 5.32 Å². The maximum absolute atomic E-state index is 14.4. The summed E-state index contributed by atoms with van der Waals surface area (Å²) in [6.07, 6.45) is 14.1. The number of thiophene rings is 1. The summed E-state index contributed by atoms with van der Waals surface area (Å²) in [6, 6.07) is 0.111. The smallest absolute Gasteiger partial charge is 0.329 e. The number of cyclic esters (lactones) is 1. The maximum Gasteiger partial charge on any atom is 0.329 e. The number of Topliss-reactive ketones (excluding diaryl/α,β-unsaturated/α-hetero) is 2. The molecule has 1 aromatic rings. The van der Waals surface area contributed by atoms with Crippen LogP contribution in [0, 0.1) is 29.6 Å². The van der Waals surface area contributed by atoms with Gasteiger partial charge in [0.15, 0.2) is 5.78 Å². The number of ketones is 2. The highest BCUT2D eigenvalue weighted by molar-refractivity contribution is 7.08. The van der Waals surface area contributed by atoms with Crippen LogP contribution in [0.5, 0.6) is 0 Å². The lowest BCUT2D eigenvalue weighted by Gasteiger charge is -2.43. The van der Waals surface area contributed by atoms with E-state index in [-0.39, 0.29) is 48.6 Å². The van der Waals surface area contributed by atoms with Gasteiger partial charge in [0.05, 0.1) is 18.3 Å². The SMILES string of the molecule is CO[C@@H]1C[C@H](C[C@@H](C)[C@@H]2CC[C@H](N)/C=C(\C)[C@@H](O)[C@@H](OC)C(=O)[C@H](C)C[C@H](C)/C=C/C=C/C=C(\C)C(Nc3ccsc3)C[C@@H]3CCC(C)[C@@](O)(O3)C(=O)C(=O)N3CCCCC3C(=O)O2)CC[C@H]1O. The first-order valence-corrected chi connectivity index (χ1v) is 26.0. The first-order chi connectivity index (χ1) is 32.4. The molecule has 1 aliphatic carbocycles. The summed E-state index contributed by atoms with van der Waals surface area (Å²) in [6.45, 7) is 11.5. The van der Waals surface area contributed by atoms with Gasteiger partial charge in [-0.1, -0.05) is 69.7 Å². The molecule has 6 N–H and O–H groups in total. The third kappa shape index (κ3) is 14.8. The van der Waals surface area contributed by atoms with E-state index >= 15 is 0 Å². The maximum atomic E-state index is 14.4. The number of hydrogen-bond donors (Lipinski definition) is 5. The Labute approximate surface area is 408 Å². The van der Waals surface area contributed by atoms with Gasteiger partial charge in [0.2, 0.25) is 5.79 Å². The Hall–Kier alpha value is -3.54. The fourth-order valence-electron chi connectivity index (χ4n) is 10.6. The van der Waals surface area contributed by atoms with Gasteiger partial charge in [0.1, 0.15) is 24.4 Å². The molecule has 1 saturated carbocycles. The van der Waals surface area contributed by atoms with Gasteiger partial charge in [-0.25, -0.2) is 4.79 Å². The van der Waals surface area contributed by atoms with E-state index in [4.69, 9.17) is 24.7 Å². The predicted octanol–water partition coefficient (Wildman–Crippen LogP) is 7.22. The Kier molecular flexibility index (Phi) is 21.2. The van der Waals surface area contributed by atoms with Crippen LogP contribution in [0.15, 0.2) is 64.4 Å². The minimum Gasteiger partial charge on any atom is -0.461 e. The van der Waals surface area contributed by atoms with Crippen molar-refractivity contribution in [2.75, 3.05) is 26.1 Å². The van der Waals surface area contributed by atoms with E-state index < -0.39 is 77.9 Å². The van der Waals surface area contributed by atoms with Crippen molar-refractivity contribution in [2.24, 2.45) is 35.3 Å². The Morgan fingerprint density at radius 1 is 0.926 bits per heavy atom. The number of carbonyl (C=O) groups excluding carboxylic acids is 4. The summed E-state index contributed by atoms with van der Waals surface area (Å²) >= 11 is 1.56. The number of amides is 1. The van der Waals surface area contributed by atoms with E-state index in [1.807, 2.05) is 74.9 Å². The van der Waals surface area contributed by atoms with Crippen LogP contribution in [0.3, 0.4) is 0 Å². The molecule has 0 radical (unpaired) electrons. The van der Waals surface area contributed by atoms with Crippen molar-refractivity contribution in [3.63, 3.8) is 0 Å². The molecule has 15 heteroatoms. The number of aliphatic hydroxyl groups is 3. The van der Waals surface area contributed by atoms with E-state index in [1.165, 1.54) is 12.0 Å². The van der Waals surface area contributed by atoms with Crippen LogP contribution in [0.4, 0.5) is 5.69 Å².